The molecule has 0 amide bonds. The van der Waals surface area contributed by atoms with Gasteiger partial charge in [-0.1, -0.05) is 6.92 Å². The first-order valence-corrected chi connectivity index (χ1v) is 7.54. The molecule has 5 heteroatoms. The quantitative estimate of drug-likeness (QED) is 0.823. The van der Waals surface area contributed by atoms with Crippen LogP contribution in [0.4, 0.5) is 0 Å². The van der Waals surface area contributed by atoms with Crippen molar-refractivity contribution in [2.24, 2.45) is 0 Å². The summed E-state index contributed by atoms with van der Waals surface area (Å²) in [7, 11) is 0. The van der Waals surface area contributed by atoms with Crippen molar-refractivity contribution in [2.45, 2.75) is 45.8 Å². The summed E-state index contributed by atoms with van der Waals surface area (Å²) >= 11 is 0. The molecule has 2 heterocycles. The van der Waals surface area contributed by atoms with Gasteiger partial charge in [-0.2, -0.15) is 10.4 Å². The first-order valence-electron chi connectivity index (χ1n) is 7.54. The summed E-state index contributed by atoms with van der Waals surface area (Å²) in [5.74, 6) is 0. The predicted octanol–water partition coefficient (Wildman–Crippen LogP) is 1.88. The maximum atomic E-state index is 9.12. The van der Waals surface area contributed by atoms with Gasteiger partial charge in [-0.25, -0.2) is 0 Å². The summed E-state index contributed by atoms with van der Waals surface area (Å²) in [6.07, 6.45) is 2.97. The Kier molecular flexibility index (Phi) is 5.16. The van der Waals surface area contributed by atoms with Crippen molar-refractivity contribution in [3.05, 3.63) is 18.0 Å². The summed E-state index contributed by atoms with van der Waals surface area (Å²) in [5.41, 5.74) is 1.14. The van der Waals surface area contributed by atoms with Crippen LogP contribution >= 0.6 is 0 Å². The summed E-state index contributed by atoms with van der Waals surface area (Å²) in [4.78, 5) is 4.72. The van der Waals surface area contributed by atoms with Gasteiger partial charge in [0.05, 0.1) is 17.8 Å². The lowest BCUT2D eigenvalue weighted by Gasteiger charge is -2.36. The highest BCUT2D eigenvalue weighted by molar-refractivity contribution is 5.00. The number of hydrogen-bond acceptors (Lipinski definition) is 4. The van der Waals surface area contributed by atoms with Gasteiger partial charge in [0, 0.05) is 45.0 Å². The van der Waals surface area contributed by atoms with E-state index in [2.05, 4.69) is 54.0 Å². The summed E-state index contributed by atoms with van der Waals surface area (Å²) in [5, 5.41) is 13.7. The number of nitriles is 1. The van der Waals surface area contributed by atoms with E-state index in [1.54, 1.807) is 0 Å². The zero-order valence-electron chi connectivity index (χ0n) is 12.8. The molecule has 1 unspecified atom stereocenters. The minimum atomic E-state index is 0.0808. The average molecular weight is 275 g/mol. The molecule has 1 aromatic heterocycles. The minimum absolute atomic E-state index is 0.0808. The summed E-state index contributed by atoms with van der Waals surface area (Å²) in [6.45, 7) is 11.3. The highest BCUT2D eigenvalue weighted by Crippen LogP contribution is 2.12. The van der Waals surface area contributed by atoms with Gasteiger partial charge in [0.15, 0.2) is 0 Å². The van der Waals surface area contributed by atoms with Gasteiger partial charge in [-0.3, -0.25) is 14.5 Å². The normalized spacial score (nSPS) is 19.1. The summed E-state index contributed by atoms with van der Waals surface area (Å²) < 4.78 is 2.01. The smallest absolute Gasteiger partial charge is 0.0976 e. The maximum absolute atomic E-state index is 9.12. The fraction of sp³-hybridized carbons (Fsp3) is 0.733. The molecule has 1 aromatic rings. The van der Waals surface area contributed by atoms with Crippen LogP contribution in [0.15, 0.2) is 12.3 Å². The Bertz CT molecular complexity index is 451. The van der Waals surface area contributed by atoms with E-state index in [1.165, 1.54) is 0 Å². The number of nitrogens with zero attached hydrogens (tertiary/aromatic N) is 5. The van der Waals surface area contributed by atoms with Gasteiger partial charge in [0.1, 0.15) is 0 Å². The van der Waals surface area contributed by atoms with Crippen molar-refractivity contribution in [1.29, 1.82) is 5.26 Å². The van der Waals surface area contributed by atoms with Gasteiger partial charge >= 0.3 is 0 Å². The van der Waals surface area contributed by atoms with E-state index in [0.717, 1.165) is 44.8 Å². The van der Waals surface area contributed by atoms with E-state index in [0.29, 0.717) is 6.04 Å². The van der Waals surface area contributed by atoms with Crippen molar-refractivity contribution in [3.63, 3.8) is 0 Å². The number of piperazine rings is 1. The number of hydrogen-bond donors (Lipinski definition) is 0. The molecule has 0 N–H and O–H groups in total. The Hall–Kier alpha value is -1.38. The molecule has 110 valence electrons. The van der Waals surface area contributed by atoms with E-state index in [4.69, 9.17) is 5.26 Å². The highest BCUT2D eigenvalue weighted by Gasteiger charge is 2.22. The van der Waals surface area contributed by atoms with Crippen molar-refractivity contribution in [3.8, 4) is 6.07 Å². The van der Waals surface area contributed by atoms with Crippen LogP contribution in [0, 0.1) is 11.3 Å². The summed E-state index contributed by atoms with van der Waals surface area (Å²) in [6, 6.07) is 5.00. The molecule has 0 bridgehead atoms. The molecule has 1 aliphatic rings. The molecule has 0 aliphatic carbocycles. The van der Waals surface area contributed by atoms with Crippen LogP contribution in [0.25, 0.3) is 0 Å². The third-order valence-electron chi connectivity index (χ3n) is 3.96. The van der Waals surface area contributed by atoms with Crippen LogP contribution in [-0.2, 0) is 6.54 Å². The third kappa shape index (κ3) is 3.59. The second-order valence-corrected chi connectivity index (χ2v) is 5.75. The highest BCUT2D eigenvalue weighted by atomic mass is 15.3. The van der Waals surface area contributed by atoms with Crippen molar-refractivity contribution >= 4 is 0 Å². The fourth-order valence-corrected chi connectivity index (χ4v) is 2.64. The van der Waals surface area contributed by atoms with E-state index in [1.807, 2.05) is 4.68 Å². The lowest BCUT2D eigenvalue weighted by molar-refractivity contribution is 0.107. The van der Waals surface area contributed by atoms with Gasteiger partial charge in [0.25, 0.3) is 0 Å². The zero-order valence-corrected chi connectivity index (χ0v) is 12.8. The zero-order chi connectivity index (χ0) is 14.5. The van der Waals surface area contributed by atoms with E-state index in [-0.39, 0.29) is 6.04 Å². The average Bonchev–Trinajstić information content (AvgIpc) is 2.91. The Balaban J connectivity index is 1.83. The second kappa shape index (κ2) is 6.87. The maximum Gasteiger partial charge on any atom is 0.0976 e. The Morgan fingerprint density at radius 2 is 2.00 bits per heavy atom. The lowest BCUT2D eigenvalue weighted by atomic mass is 10.2. The molecule has 0 aromatic carbocycles. The van der Waals surface area contributed by atoms with Gasteiger partial charge in [0.2, 0.25) is 0 Å². The predicted molar refractivity (Wildman–Crippen MR) is 79.2 cm³/mol. The fourth-order valence-electron chi connectivity index (χ4n) is 2.64. The first kappa shape index (κ1) is 15.0. The van der Waals surface area contributed by atoms with Gasteiger partial charge < -0.3 is 0 Å². The molecule has 0 radical (unpaired) electrons. The molecular formula is C15H25N5. The minimum Gasteiger partial charge on any atom is -0.295 e. The lowest BCUT2D eigenvalue weighted by Crippen LogP contribution is -2.49. The molecule has 1 saturated heterocycles. The SMILES string of the molecule is CCC(C#N)N1CCN(Cc2ccn(C(C)C)n2)CC1. The largest absolute Gasteiger partial charge is 0.295 e. The van der Waals surface area contributed by atoms with E-state index >= 15 is 0 Å². The standard InChI is InChI=1S/C15H25N5/c1-4-15(11-16)19-9-7-18(8-10-19)12-14-5-6-20(17-14)13(2)3/h5-6,13,15H,4,7-10,12H2,1-3H3. The van der Waals surface area contributed by atoms with Crippen LogP contribution in [0.2, 0.25) is 0 Å². The van der Waals surface area contributed by atoms with Crippen LogP contribution in [0.1, 0.15) is 38.9 Å². The Labute approximate surface area is 121 Å². The molecule has 2 rings (SSSR count). The molecule has 20 heavy (non-hydrogen) atoms. The second-order valence-electron chi connectivity index (χ2n) is 5.75. The monoisotopic (exact) mass is 275 g/mol. The van der Waals surface area contributed by atoms with Crippen LogP contribution in [-0.4, -0.2) is 51.8 Å². The van der Waals surface area contributed by atoms with Crippen LogP contribution < -0.4 is 0 Å². The number of rotatable bonds is 5. The van der Waals surface area contributed by atoms with Crippen LogP contribution in [0.3, 0.4) is 0 Å². The van der Waals surface area contributed by atoms with Crippen molar-refractivity contribution in [1.82, 2.24) is 19.6 Å². The van der Waals surface area contributed by atoms with Crippen molar-refractivity contribution < 1.29 is 0 Å². The molecule has 1 fully saturated rings. The van der Waals surface area contributed by atoms with Gasteiger partial charge in [-0.15, -0.1) is 0 Å². The Morgan fingerprint density at radius 3 is 2.50 bits per heavy atom. The van der Waals surface area contributed by atoms with Gasteiger partial charge in [-0.05, 0) is 26.3 Å². The molecule has 5 nitrogen and oxygen atoms in total. The first-order chi connectivity index (χ1) is 9.63. The molecule has 0 saturated carbocycles. The topological polar surface area (TPSA) is 48.1 Å². The van der Waals surface area contributed by atoms with E-state index in [9.17, 15) is 0 Å². The molecule has 0 spiro atoms. The third-order valence-corrected chi connectivity index (χ3v) is 3.96. The molecule has 1 atom stereocenters. The molecular weight excluding hydrogens is 250 g/mol. The van der Waals surface area contributed by atoms with Crippen molar-refractivity contribution in [2.75, 3.05) is 26.2 Å². The Morgan fingerprint density at radius 1 is 1.30 bits per heavy atom. The number of aromatic nitrogens is 2. The molecule has 1 aliphatic heterocycles. The van der Waals surface area contributed by atoms with E-state index < -0.39 is 0 Å². The van der Waals surface area contributed by atoms with Crippen LogP contribution in [0.5, 0.6) is 0 Å².